The number of esters is 2. The highest BCUT2D eigenvalue weighted by molar-refractivity contribution is 6.12. The lowest BCUT2D eigenvalue weighted by Crippen LogP contribution is -2.10. The van der Waals surface area contributed by atoms with E-state index < -0.39 is 11.9 Å². The second-order valence-corrected chi connectivity index (χ2v) is 8.18. The van der Waals surface area contributed by atoms with Crippen LogP contribution in [0, 0.1) is 6.92 Å². The molecule has 0 atom stereocenters. The molecule has 0 fully saturated rings. The highest BCUT2D eigenvalue weighted by Crippen LogP contribution is 2.31. The van der Waals surface area contributed by atoms with E-state index in [-0.39, 0.29) is 17.3 Å². The molecule has 0 spiro atoms. The Bertz CT molecular complexity index is 1320. The summed E-state index contributed by atoms with van der Waals surface area (Å²) in [6.07, 6.45) is 3.64. The fourth-order valence-electron chi connectivity index (χ4n) is 3.53. The zero-order valence-electron chi connectivity index (χ0n) is 20.4. The van der Waals surface area contributed by atoms with E-state index in [2.05, 4.69) is 11.9 Å². The van der Waals surface area contributed by atoms with Gasteiger partial charge in [0.1, 0.15) is 5.75 Å². The number of aryl methyl sites for hydroxylation is 1. The summed E-state index contributed by atoms with van der Waals surface area (Å²) in [6.45, 7) is 4.61. The van der Waals surface area contributed by atoms with E-state index in [1.807, 2.05) is 31.2 Å². The van der Waals surface area contributed by atoms with Crippen LogP contribution in [0.5, 0.6) is 17.2 Å². The van der Waals surface area contributed by atoms with Crippen molar-refractivity contribution in [2.45, 2.75) is 26.7 Å². The average molecular weight is 486 g/mol. The van der Waals surface area contributed by atoms with Gasteiger partial charge in [0.15, 0.2) is 17.2 Å². The number of ether oxygens (including phenoxy) is 4. The SMILES string of the molecule is CCCCOc1ccc(C2=N/C(=C\c3ccc(OC(=O)c4ccccc4C)c(OC)c3)C(=O)O2)cc1. The van der Waals surface area contributed by atoms with Gasteiger partial charge in [-0.1, -0.05) is 37.6 Å². The molecule has 0 aliphatic carbocycles. The second kappa shape index (κ2) is 11.4. The van der Waals surface area contributed by atoms with Crippen molar-refractivity contribution < 1.29 is 28.5 Å². The Morgan fingerprint density at radius 1 is 1.03 bits per heavy atom. The van der Waals surface area contributed by atoms with Crippen LogP contribution in [0.3, 0.4) is 0 Å². The standard InChI is InChI=1S/C29H27NO6/c1-4-5-16-34-22-13-11-21(12-14-22)27-30-24(29(32)36-27)17-20-10-15-25(26(18-20)33-3)35-28(31)23-9-7-6-8-19(23)2/h6-15,17-18H,4-5,16H2,1-3H3/b24-17-. The van der Waals surface area contributed by atoms with E-state index in [0.29, 0.717) is 29.0 Å². The summed E-state index contributed by atoms with van der Waals surface area (Å²) in [6, 6.07) is 19.4. The molecule has 184 valence electrons. The molecule has 7 nitrogen and oxygen atoms in total. The lowest BCUT2D eigenvalue weighted by atomic mass is 10.1. The van der Waals surface area contributed by atoms with Crippen molar-refractivity contribution in [3.8, 4) is 17.2 Å². The predicted octanol–water partition coefficient (Wildman–Crippen LogP) is 5.75. The molecule has 0 N–H and O–H groups in total. The van der Waals surface area contributed by atoms with Gasteiger partial charge in [0.05, 0.1) is 19.3 Å². The molecule has 0 saturated heterocycles. The Balaban J connectivity index is 1.50. The molecule has 0 bridgehead atoms. The van der Waals surface area contributed by atoms with Crippen molar-refractivity contribution in [2.75, 3.05) is 13.7 Å². The third-order valence-corrected chi connectivity index (χ3v) is 5.55. The summed E-state index contributed by atoms with van der Waals surface area (Å²) >= 11 is 0. The number of methoxy groups -OCH3 is 1. The number of benzene rings is 3. The first-order valence-electron chi connectivity index (χ1n) is 11.7. The molecule has 0 aromatic heterocycles. The maximum absolute atomic E-state index is 12.6. The van der Waals surface area contributed by atoms with Gasteiger partial charge in [-0.25, -0.2) is 14.6 Å². The van der Waals surface area contributed by atoms with Crippen LogP contribution in [-0.4, -0.2) is 31.6 Å². The van der Waals surface area contributed by atoms with E-state index in [1.54, 1.807) is 48.5 Å². The molecular weight excluding hydrogens is 458 g/mol. The van der Waals surface area contributed by atoms with Crippen LogP contribution in [0.25, 0.3) is 6.08 Å². The zero-order chi connectivity index (χ0) is 25.5. The molecule has 0 unspecified atom stereocenters. The molecule has 3 aromatic rings. The fourth-order valence-corrected chi connectivity index (χ4v) is 3.53. The third-order valence-electron chi connectivity index (χ3n) is 5.55. The van der Waals surface area contributed by atoms with E-state index in [9.17, 15) is 9.59 Å². The lowest BCUT2D eigenvalue weighted by Gasteiger charge is -2.11. The minimum absolute atomic E-state index is 0.153. The summed E-state index contributed by atoms with van der Waals surface area (Å²) in [4.78, 5) is 29.4. The number of nitrogens with zero attached hydrogens (tertiary/aromatic N) is 1. The van der Waals surface area contributed by atoms with Crippen LogP contribution in [0.1, 0.15) is 46.8 Å². The number of carbonyl (C=O) groups excluding carboxylic acids is 2. The van der Waals surface area contributed by atoms with Gasteiger partial charge in [-0.3, -0.25) is 0 Å². The van der Waals surface area contributed by atoms with Crippen molar-refractivity contribution in [2.24, 2.45) is 4.99 Å². The first kappa shape index (κ1) is 24.7. The highest BCUT2D eigenvalue weighted by Gasteiger charge is 2.24. The number of hydrogen-bond donors (Lipinski definition) is 0. The number of carbonyl (C=O) groups is 2. The van der Waals surface area contributed by atoms with E-state index in [1.165, 1.54) is 7.11 Å². The highest BCUT2D eigenvalue weighted by atomic mass is 16.6. The number of rotatable bonds is 9. The maximum Gasteiger partial charge on any atom is 0.363 e. The Hall–Kier alpha value is -4.39. The molecule has 3 aromatic carbocycles. The molecule has 1 aliphatic heterocycles. The normalized spacial score (nSPS) is 13.8. The third kappa shape index (κ3) is 5.81. The van der Waals surface area contributed by atoms with Crippen LogP contribution in [0.2, 0.25) is 0 Å². The molecule has 4 rings (SSSR count). The number of cyclic esters (lactones) is 1. The fraction of sp³-hybridized carbons (Fsp3) is 0.207. The number of aliphatic imine (C=N–C) groups is 1. The maximum atomic E-state index is 12.6. The van der Waals surface area contributed by atoms with Crippen molar-refractivity contribution in [1.82, 2.24) is 0 Å². The lowest BCUT2D eigenvalue weighted by molar-refractivity contribution is -0.129. The Labute approximate surface area is 210 Å². The van der Waals surface area contributed by atoms with Gasteiger partial charge in [0.25, 0.3) is 0 Å². The van der Waals surface area contributed by atoms with Crippen LogP contribution in [0.4, 0.5) is 0 Å². The topological polar surface area (TPSA) is 83.4 Å². The summed E-state index contributed by atoms with van der Waals surface area (Å²) in [5.74, 6) is 0.563. The summed E-state index contributed by atoms with van der Waals surface area (Å²) in [5, 5.41) is 0. The Morgan fingerprint density at radius 3 is 2.53 bits per heavy atom. The van der Waals surface area contributed by atoms with Crippen LogP contribution < -0.4 is 14.2 Å². The van der Waals surface area contributed by atoms with E-state index in [0.717, 1.165) is 24.2 Å². The first-order valence-corrected chi connectivity index (χ1v) is 11.7. The zero-order valence-corrected chi connectivity index (χ0v) is 20.4. The molecular formula is C29H27NO6. The van der Waals surface area contributed by atoms with Gasteiger partial charge in [-0.15, -0.1) is 0 Å². The summed E-state index contributed by atoms with van der Waals surface area (Å²) in [5.41, 5.74) is 2.75. The van der Waals surface area contributed by atoms with Gasteiger partial charge in [0.2, 0.25) is 5.90 Å². The van der Waals surface area contributed by atoms with Crippen LogP contribution >= 0.6 is 0 Å². The van der Waals surface area contributed by atoms with Gasteiger partial charge in [0, 0.05) is 5.56 Å². The van der Waals surface area contributed by atoms with Crippen molar-refractivity contribution >= 4 is 23.9 Å². The van der Waals surface area contributed by atoms with Crippen LogP contribution in [0.15, 0.2) is 77.4 Å². The minimum atomic E-state index is -0.553. The number of hydrogen-bond acceptors (Lipinski definition) is 7. The van der Waals surface area contributed by atoms with E-state index in [4.69, 9.17) is 18.9 Å². The smallest absolute Gasteiger partial charge is 0.363 e. The number of unbranched alkanes of at least 4 members (excludes halogenated alkanes) is 1. The quantitative estimate of drug-likeness (QED) is 0.166. The average Bonchev–Trinajstić information content (AvgIpc) is 3.25. The molecule has 36 heavy (non-hydrogen) atoms. The minimum Gasteiger partial charge on any atom is -0.494 e. The van der Waals surface area contributed by atoms with Crippen molar-refractivity contribution in [3.63, 3.8) is 0 Å². The molecule has 1 heterocycles. The van der Waals surface area contributed by atoms with Gasteiger partial charge in [-0.05, 0) is 73.0 Å². The van der Waals surface area contributed by atoms with Gasteiger partial charge >= 0.3 is 11.9 Å². The first-order chi connectivity index (χ1) is 17.5. The largest absolute Gasteiger partial charge is 0.494 e. The molecule has 0 saturated carbocycles. The molecule has 0 amide bonds. The molecule has 1 aliphatic rings. The van der Waals surface area contributed by atoms with E-state index >= 15 is 0 Å². The molecule has 7 heteroatoms. The summed E-state index contributed by atoms with van der Waals surface area (Å²) < 4.78 is 22.0. The van der Waals surface area contributed by atoms with Gasteiger partial charge < -0.3 is 18.9 Å². The second-order valence-electron chi connectivity index (χ2n) is 8.18. The Morgan fingerprint density at radius 2 is 1.81 bits per heavy atom. The van der Waals surface area contributed by atoms with Crippen LogP contribution in [-0.2, 0) is 9.53 Å². The molecule has 0 radical (unpaired) electrons. The van der Waals surface area contributed by atoms with Gasteiger partial charge in [-0.2, -0.15) is 0 Å². The van der Waals surface area contributed by atoms with Crippen molar-refractivity contribution in [1.29, 1.82) is 0 Å². The predicted molar refractivity (Wildman–Crippen MR) is 137 cm³/mol. The summed E-state index contributed by atoms with van der Waals surface area (Å²) in [7, 11) is 1.48. The monoisotopic (exact) mass is 485 g/mol. The van der Waals surface area contributed by atoms with Crippen molar-refractivity contribution in [3.05, 3.63) is 94.7 Å². The Kier molecular flexibility index (Phi) is 7.80.